The van der Waals surface area contributed by atoms with E-state index in [4.69, 9.17) is 29.5 Å². The molecule has 0 radical (unpaired) electrons. The van der Waals surface area contributed by atoms with Crippen LogP contribution in [0.2, 0.25) is 0 Å². The van der Waals surface area contributed by atoms with E-state index in [9.17, 15) is 19.2 Å². The molecule has 4 unspecified atom stereocenters. The summed E-state index contributed by atoms with van der Waals surface area (Å²) in [6.45, 7) is 12.0. The standard InChI is InChI=1S/C32H37N3O3S.C12H16O6S/c1-22(21-39-20-18-33)31(36)37-19-17-23-5-7-24(8-6-23)25-9-11-26(12-10-25)29-34-35-30(38-29)27-13-15-28(16-14-27)32(2,3)4;1-7(13)17-9-4-3-5-10(19-6-11(15)16)12(9)18-8(2)14/h5-16,22H,17-21,33H2,1-4H3;3,5,9-10,12H,4,6H2,1-2H3,(H,15,16). The average Bonchev–Trinajstić information content (AvgIpc) is 3.69. The van der Waals surface area contributed by atoms with Crippen LogP contribution in [0.1, 0.15) is 59.1 Å². The highest BCUT2D eigenvalue weighted by Crippen LogP contribution is 2.30. The molecule has 1 heterocycles. The second-order valence-electron chi connectivity index (χ2n) is 14.8. The van der Waals surface area contributed by atoms with E-state index in [0.717, 1.165) is 51.1 Å². The zero-order chi connectivity index (χ0) is 42.2. The molecule has 1 aliphatic carbocycles. The first kappa shape index (κ1) is 45.8. The fraction of sp³-hybridized carbons (Fsp3) is 0.409. The van der Waals surface area contributed by atoms with Crippen molar-refractivity contribution >= 4 is 47.4 Å². The molecule has 4 aromatic rings. The maximum absolute atomic E-state index is 12.1. The van der Waals surface area contributed by atoms with E-state index in [1.807, 2.05) is 31.2 Å². The maximum atomic E-state index is 12.1. The maximum Gasteiger partial charge on any atom is 0.313 e. The number of aliphatic carboxylic acids is 1. The summed E-state index contributed by atoms with van der Waals surface area (Å²) in [5.74, 6) is 0.324. The van der Waals surface area contributed by atoms with Gasteiger partial charge in [-0.1, -0.05) is 88.4 Å². The molecule has 12 nitrogen and oxygen atoms in total. The number of carboxylic acids is 1. The predicted molar refractivity (Wildman–Crippen MR) is 228 cm³/mol. The van der Waals surface area contributed by atoms with Crippen LogP contribution < -0.4 is 5.73 Å². The molecule has 310 valence electrons. The molecular weight excluding hydrogens is 779 g/mol. The van der Waals surface area contributed by atoms with Gasteiger partial charge >= 0.3 is 23.9 Å². The number of rotatable bonds is 16. The Bertz CT molecular complexity index is 1970. The number of benzene rings is 3. The van der Waals surface area contributed by atoms with Gasteiger partial charge in [-0.2, -0.15) is 11.8 Å². The van der Waals surface area contributed by atoms with Crippen molar-refractivity contribution in [3.8, 4) is 34.0 Å². The summed E-state index contributed by atoms with van der Waals surface area (Å²) in [5.41, 5.74) is 12.0. The number of carbonyl (C=O) groups is 4. The van der Waals surface area contributed by atoms with Crippen LogP contribution >= 0.6 is 23.5 Å². The van der Waals surface area contributed by atoms with Crippen LogP contribution in [0.5, 0.6) is 0 Å². The molecule has 3 aromatic carbocycles. The van der Waals surface area contributed by atoms with E-state index in [-0.39, 0.29) is 28.3 Å². The number of ether oxygens (including phenoxy) is 3. The first-order valence-corrected chi connectivity index (χ1v) is 21.3. The Morgan fingerprint density at radius 3 is 1.95 bits per heavy atom. The van der Waals surface area contributed by atoms with Gasteiger partial charge in [0.15, 0.2) is 6.10 Å². The van der Waals surface area contributed by atoms with Crippen molar-refractivity contribution in [3.63, 3.8) is 0 Å². The molecular formula is C44H53N3O9S2. The number of hydrogen-bond acceptors (Lipinski definition) is 13. The van der Waals surface area contributed by atoms with Gasteiger partial charge < -0.3 is 29.5 Å². The van der Waals surface area contributed by atoms with Gasteiger partial charge in [0.2, 0.25) is 11.8 Å². The molecule has 0 saturated heterocycles. The van der Waals surface area contributed by atoms with Gasteiger partial charge in [0.05, 0.1) is 23.5 Å². The highest BCUT2D eigenvalue weighted by Gasteiger charge is 2.36. The summed E-state index contributed by atoms with van der Waals surface area (Å²) < 4.78 is 21.7. The molecule has 4 atom stereocenters. The topological polar surface area (TPSA) is 181 Å². The van der Waals surface area contributed by atoms with Crippen molar-refractivity contribution in [1.29, 1.82) is 0 Å². The number of hydrogen-bond donors (Lipinski definition) is 2. The summed E-state index contributed by atoms with van der Waals surface area (Å²) in [7, 11) is 0. The van der Waals surface area contributed by atoms with Gasteiger partial charge in [-0.15, -0.1) is 22.0 Å². The SMILES string of the molecule is CC(=O)OC1CC=CC(SCC(=O)O)C1OC(C)=O.CC(CSCCN)C(=O)OCCc1ccc(-c2ccc(-c3nnc(-c4ccc(C(C)(C)C)cc4)o3)cc2)cc1. The summed E-state index contributed by atoms with van der Waals surface area (Å²) in [4.78, 5) is 44.9. The molecule has 0 fully saturated rings. The first-order valence-electron chi connectivity index (χ1n) is 19.1. The minimum absolute atomic E-state index is 0.0951. The molecule has 0 saturated carbocycles. The van der Waals surface area contributed by atoms with E-state index < -0.39 is 30.1 Å². The lowest BCUT2D eigenvalue weighted by Crippen LogP contribution is -2.43. The number of nitrogens with two attached hydrogens (primary N) is 1. The third-order valence-corrected chi connectivity index (χ3v) is 11.4. The Kier molecular flexibility index (Phi) is 17.6. The minimum atomic E-state index is -0.949. The van der Waals surface area contributed by atoms with E-state index in [2.05, 4.69) is 79.5 Å². The number of carboxylic acid groups (broad SMARTS) is 1. The van der Waals surface area contributed by atoms with Gasteiger partial charge in [0, 0.05) is 55.9 Å². The van der Waals surface area contributed by atoms with Gasteiger partial charge in [-0.05, 0) is 51.9 Å². The summed E-state index contributed by atoms with van der Waals surface area (Å²) in [5, 5.41) is 16.9. The highest BCUT2D eigenvalue weighted by molar-refractivity contribution is 8.00. The van der Waals surface area contributed by atoms with Crippen molar-refractivity contribution in [2.45, 2.75) is 77.3 Å². The van der Waals surface area contributed by atoms with Crippen LogP contribution in [-0.4, -0.2) is 87.0 Å². The van der Waals surface area contributed by atoms with Gasteiger partial charge in [-0.25, -0.2) is 0 Å². The number of esters is 3. The lowest BCUT2D eigenvalue weighted by Gasteiger charge is -2.32. The van der Waals surface area contributed by atoms with Crippen molar-refractivity contribution in [3.05, 3.63) is 96.1 Å². The molecule has 3 N–H and O–H groups in total. The van der Waals surface area contributed by atoms with Crippen LogP contribution in [0.3, 0.4) is 0 Å². The molecule has 0 amide bonds. The van der Waals surface area contributed by atoms with Crippen LogP contribution in [0, 0.1) is 5.92 Å². The fourth-order valence-electron chi connectivity index (χ4n) is 5.84. The average molecular weight is 832 g/mol. The van der Waals surface area contributed by atoms with E-state index in [0.29, 0.717) is 37.8 Å². The third-order valence-electron chi connectivity index (χ3n) is 8.91. The molecule has 0 bridgehead atoms. The molecule has 1 aliphatic rings. The van der Waals surface area contributed by atoms with Gasteiger partial charge in [-0.3, -0.25) is 19.2 Å². The van der Waals surface area contributed by atoms with E-state index >= 15 is 0 Å². The lowest BCUT2D eigenvalue weighted by molar-refractivity contribution is -0.164. The molecule has 5 rings (SSSR count). The Hall–Kier alpha value is -4.92. The van der Waals surface area contributed by atoms with Crippen LogP contribution in [-0.2, 0) is 45.2 Å². The summed E-state index contributed by atoms with van der Waals surface area (Å²) in [6.07, 6.45) is 3.48. The van der Waals surface area contributed by atoms with Crippen molar-refractivity contribution in [2.24, 2.45) is 11.7 Å². The second-order valence-corrected chi connectivity index (χ2v) is 17.1. The van der Waals surface area contributed by atoms with Crippen LogP contribution in [0.25, 0.3) is 34.0 Å². The molecule has 0 aliphatic heterocycles. The summed E-state index contributed by atoms with van der Waals surface area (Å²) >= 11 is 2.81. The summed E-state index contributed by atoms with van der Waals surface area (Å²) in [6, 6.07) is 24.7. The molecule has 0 spiro atoms. The molecule has 58 heavy (non-hydrogen) atoms. The van der Waals surface area contributed by atoms with E-state index in [1.165, 1.54) is 19.4 Å². The third kappa shape index (κ3) is 14.5. The quantitative estimate of drug-likeness (QED) is 0.0483. The Balaban J connectivity index is 0.000000329. The Morgan fingerprint density at radius 2 is 1.41 bits per heavy atom. The van der Waals surface area contributed by atoms with Crippen LogP contribution in [0.15, 0.2) is 89.4 Å². The van der Waals surface area contributed by atoms with Gasteiger partial charge in [0.1, 0.15) is 6.10 Å². The van der Waals surface area contributed by atoms with Crippen LogP contribution in [0.4, 0.5) is 0 Å². The number of carbonyl (C=O) groups excluding carboxylic acids is 3. The largest absolute Gasteiger partial charge is 0.481 e. The van der Waals surface area contributed by atoms with Crippen molar-refractivity contribution in [1.82, 2.24) is 10.2 Å². The number of aromatic nitrogens is 2. The number of nitrogens with zero attached hydrogens (tertiary/aromatic N) is 2. The van der Waals surface area contributed by atoms with Crippen molar-refractivity contribution < 1.29 is 42.9 Å². The normalized spacial score (nSPS) is 16.7. The zero-order valence-corrected chi connectivity index (χ0v) is 35.5. The predicted octanol–water partition coefficient (Wildman–Crippen LogP) is 7.78. The zero-order valence-electron chi connectivity index (χ0n) is 33.8. The monoisotopic (exact) mass is 831 g/mol. The first-order chi connectivity index (χ1) is 27.6. The smallest absolute Gasteiger partial charge is 0.313 e. The highest BCUT2D eigenvalue weighted by atomic mass is 32.2. The minimum Gasteiger partial charge on any atom is -0.481 e. The number of thioether (sulfide) groups is 2. The Morgan fingerprint density at radius 1 is 0.862 bits per heavy atom. The van der Waals surface area contributed by atoms with Gasteiger partial charge in [0.25, 0.3) is 0 Å². The molecule has 14 heteroatoms. The second kappa shape index (κ2) is 22.3. The lowest BCUT2D eigenvalue weighted by atomic mass is 9.87. The molecule has 1 aromatic heterocycles. The fourth-order valence-corrected chi connectivity index (χ4v) is 7.65. The van der Waals surface area contributed by atoms with E-state index in [1.54, 1.807) is 23.9 Å². The Labute approximate surface area is 348 Å². The van der Waals surface area contributed by atoms with Crippen molar-refractivity contribution in [2.75, 3.05) is 30.4 Å².